The molecule has 91 heavy (non-hydrogen) atoms. The number of rotatable bonds is 10. The van der Waals surface area contributed by atoms with E-state index in [1.807, 2.05) is 13.8 Å². The topological polar surface area (TPSA) is 399 Å². The molecule has 5 aromatic carbocycles. The number of aromatic hydroxyl groups is 4. The van der Waals surface area contributed by atoms with Gasteiger partial charge in [0.15, 0.2) is 11.5 Å². The Labute approximate surface area is 531 Å². The van der Waals surface area contributed by atoms with Crippen LogP contribution in [0.4, 0.5) is 0 Å². The number of ether oxygens (including phenoxy) is 2. The number of carbonyl (C=O) groups is 8. The van der Waals surface area contributed by atoms with Gasteiger partial charge in [-0.05, 0) is 163 Å². The van der Waals surface area contributed by atoms with E-state index >= 15 is 19.2 Å². The fraction of sp³-hybridized carbons (Fsp3) is 0.406. The van der Waals surface area contributed by atoms with Crippen LogP contribution in [0.3, 0.4) is 0 Å². The van der Waals surface area contributed by atoms with Crippen LogP contribution in [0.1, 0.15) is 123 Å². The maximum absolute atomic E-state index is 15.6. The number of phenols is 4. The van der Waals surface area contributed by atoms with E-state index in [0.717, 1.165) is 68.9 Å². The highest BCUT2D eigenvalue weighted by atomic mass is 35.5. The highest BCUT2D eigenvalue weighted by molar-refractivity contribution is 6.32. The van der Waals surface area contributed by atoms with Crippen molar-refractivity contribution < 1.29 is 78.5 Å². The fourth-order valence-corrected chi connectivity index (χ4v) is 14.7. The lowest BCUT2D eigenvalue weighted by molar-refractivity contribution is -0.138. The maximum atomic E-state index is 15.6. The number of phenolic OH excluding ortho intramolecular Hbond substituents is 4. The zero-order valence-corrected chi connectivity index (χ0v) is 51.0. The van der Waals surface area contributed by atoms with Gasteiger partial charge in [-0.3, -0.25) is 38.4 Å². The molecule has 27 heteroatoms. The van der Waals surface area contributed by atoms with Crippen molar-refractivity contribution in [1.82, 2.24) is 42.5 Å². The summed E-state index contributed by atoms with van der Waals surface area (Å²) in [6.07, 6.45) is 1.34. The first-order valence-electron chi connectivity index (χ1n) is 29.9. The molecule has 5 aliphatic heterocycles. The van der Waals surface area contributed by atoms with Crippen molar-refractivity contribution in [2.24, 2.45) is 34.8 Å². The van der Waals surface area contributed by atoms with Gasteiger partial charge in [0, 0.05) is 23.7 Å². The van der Waals surface area contributed by atoms with Gasteiger partial charge >= 0.3 is 0 Å². The van der Waals surface area contributed by atoms with Gasteiger partial charge in [0.05, 0.1) is 22.5 Å². The molecule has 14 rings (SSSR count). The van der Waals surface area contributed by atoms with Crippen LogP contribution in [-0.2, 0) is 38.4 Å². The predicted octanol–water partition coefficient (Wildman–Crippen LogP) is 4.64. The molecular formula is C64H69Cl2N9O16. The van der Waals surface area contributed by atoms with Gasteiger partial charge in [-0.2, -0.15) is 0 Å². The van der Waals surface area contributed by atoms with E-state index in [-0.39, 0.29) is 84.8 Å². The molecule has 480 valence electrons. The summed E-state index contributed by atoms with van der Waals surface area (Å²) in [5.41, 5.74) is 3.92. The predicted molar refractivity (Wildman–Crippen MR) is 326 cm³/mol. The fourth-order valence-electron chi connectivity index (χ4n) is 14.2. The molecule has 5 heterocycles. The third-order valence-corrected chi connectivity index (χ3v) is 18.7. The molecule has 0 spiro atoms. The standard InChI is InChI=1S/C64H69Cl2N9O16/c1-26(2)10-39(68-3)57(83)74-52-54(80)31-5-8-43(37(65)15-31)90-45-17-33-18-46(56(45)82)91-44-9-6-32(16-38(44)66)55(81)53-63(89)73-51(59(85)69-25-64-22-27-11-28(23-64)13-29(12-27)24-64)36-19-34(76)20-42(78)48(36)35-14-30(4-7-41(35)77)49(60(86)75-53)72-61(87)50(33)71-58(84)40(21-47(67)79)70-62(52)88/h4-9,14-20,26-29,39-40,49-55,68,76-78,80-82H,10-13,21-25H2,1-3H3,(H2,67,79)(H,69,85)(H,70,88)(H,71,84)(H,72,87)(H,73,89)(H,74,83)(H,75,86)/t27?,28?,29?,39-,40+,49-,50-,51+,52-,53+,54-,55-,64?/m1/s1. The monoisotopic (exact) mass is 1290 g/mol. The first kappa shape index (κ1) is 63.7. The molecule has 9 atom stereocenters. The molecule has 0 saturated heterocycles. The SMILES string of the molecule is CN[C@H](CC(C)C)C(=O)N[C@H]1C(=O)N[C@@H](CC(N)=O)C(=O)N[C@H]2C(=O)N[C@H]3C(=O)N[C@H](C(=O)N[C@H](C(=O)NCC45CC6CC(CC(C6)C4)C5)c4cc(O)cc(O)c4-c4cc3ccc4O)[C@H](O)c3ccc(c(Cl)c3)Oc3cc2cc(c3O)Oc2ccc(cc2Cl)[C@H]1O. The van der Waals surface area contributed by atoms with Gasteiger partial charge in [-0.25, -0.2) is 0 Å². The number of nitrogens with two attached hydrogens (primary N) is 1. The first-order valence-corrected chi connectivity index (χ1v) is 30.6. The number of likely N-dealkylation sites (N-methyl/N-ethyl adjacent to an activating group) is 1. The van der Waals surface area contributed by atoms with E-state index in [2.05, 4.69) is 42.5 Å². The summed E-state index contributed by atoms with van der Waals surface area (Å²) in [6.45, 7) is 3.93. The Bertz CT molecular complexity index is 3780. The number of benzene rings is 5. The number of hydrogen-bond acceptors (Lipinski definition) is 17. The Hall–Kier alpha value is -8.88. The van der Waals surface area contributed by atoms with Crippen LogP contribution < -0.4 is 57.7 Å². The molecule has 8 amide bonds. The van der Waals surface area contributed by atoms with Crippen molar-refractivity contribution in [2.75, 3.05) is 13.6 Å². The number of aliphatic hydroxyl groups is 2. The van der Waals surface area contributed by atoms with Crippen LogP contribution in [0.2, 0.25) is 10.0 Å². The molecule has 0 radical (unpaired) electrons. The second kappa shape index (κ2) is 25.4. The van der Waals surface area contributed by atoms with E-state index in [0.29, 0.717) is 17.8 Å². The molecular weight excluding hydrogens is 1220 g/mol. The van der Waals surface area contributed by atoms with Crippen LogP contribution >= 0.6 is 23.2 Å². The molecule has 15 bridgehead atoms. The normalized spacial score (nSPS) is 27.2. The van der Waals surface area contributed by atoms with Crippen molar-refractivity contribution >= 4 is 70.5 Å². The van der Waals surface area contributed by atoms with Gasteiger partial charge < -0.3 is 88.4 Å². The van der Waals surface area contributed by atoms with Gasteiger partial charge in [0.2, 0.25) is 53.0 Å². The zero-order chi connectivity index (χ0) is 65.1. The minimum atomic E-state index is -2.14. The Morgan fingerprint density at radius 2 is 1.22 bits per heavy atom. The van der Waals surface area contributed by atoms with E-state index in [9.17, 15) is 49.8 Å². The van der Waals surface area contributed by atoms with Crippen LogP contribution in [0.15, 0.2) is 78.9 Å². The number of primary amides is 1. The van der Waals surface area contributed by atoms with Gasteiger partial charge in [-0.15, -0.1) is 0 Å². The Kier molecular flexibility index (Phi) is 17.8. The van der Waals surface area contributed by atoms with Crippen molar-refractivity contribution in [3.63, 3.8) is 0 Å². The summed E-state index contributed by atoms with van der Waals surface area (Å²) in [7, 11) is 1.51. The third-order valence-electron chi connectivity index (χ3n) is 18.1. The maximum Gasteiger partial charge on any atom is 0.248 e. The van der Waals surface area contributed by atoms with Crippen molar-refractivity contribution in [2.45, 2.75) is 120 Å². The summed E-state index contributed by atoms with van der Waals surface area (Å²) < 4.78 is 12.4. The lowest BCUT2D eigenvalue weighted by Crippen LogP contribution is -2.59. The zero-order valence-electron chi connectivity index (χ0n) is 49.5. The number of amides is 8. The molecule has 16 N–H and O–H groups in total. The molecule has 0 aromatic heterocycles. The first-order chi connectivity index (χ1) is 43.2. The molecule has 4 aliphatic carbocycles. The van der Waals surface area contributed by atoms with E-state index in [4.69, 9.17) is 38.4 Å². The molecule has 25 nitrogen and oxygen atoms in total. The third kappa shape index (κ3) is 13.1. The molecule has 4 saturated carbocycles. The van der Waals surface area contributed by atoms with E-state index in [1.165, 1.54) is 55.6 Å². The molecule has 9 aliphatic rings. The van der Waals surface area contributed by atoms with Crippen LogP contribution in [0, 0.1) is 29.1 Å². The Balaban J connectivity index is 1.06. The number of fused-ring (bicyclic) bond motifs is 15. The Morgan fingerprint density at radius 1 is 0.648 bits per heavy atom. The van der Waals surface area contributed by atoms with E-state index in [1.54, 1.807) is 0 Å². The van der Waals surface area contributed by atoms with Crippen molar-refractivity contribution in [1.29, 1.82) is 0 Å². The summed E-state index contributed by atoms with van der Waals surface area (Å²) >= 11 is 13.7. The lowest BCUT2D eigenvalue weighted by atomic mass is 9.49. The lowest BCUT2D eigenvalue weighted by Gasteiger charge is -2.57. The summed E-state index contributed by atoms with van der Waals surface area (Å²) in [5, 5.41) is 91.9. The van der Waals surface area contributed by atoms with Crippen LogP contribution in [-0.4, -0.2) is 116 Å². The molecule has 5 aromatic rings. The van der Waals surface area contributed by atoms with Crippen LogP contribution in [0.25, 0.3) is 11.1 Å². The number of carbonyl (C=O) groups excluding carboxylic acids is 8. The quantitative estimate of drug-likeness (QED) is 0.0905. The van der Waals surface area contributed by atoms with Crippen LogP contribution in [0.5, 0.6) is 46.0 Å². The number of halogens is 2. The van der Waals surface area contributed by atoms with Crippen molar-refractivity contribution in [3.8, 4) is 57.1 Å². The summed E-state index contributed by atoms with van der Waals surface area (Å²) in [5.74, 6) is -11.6. The number of aliphatic hydroxyl groups excluding tert-OH is 2. The minimum Gasteiger partial charge on any atom is -0.508 e. The summed E-state index contributed by atoms with van der Waals surface area (Å²) in [4.78, 5) is 118. The second-order valence-corrected chi connectivity index (χ2v) is 26.0. The van der Waals surface area contributed by atoms with Gasteiger partial charge in [0.1, 0.15) is 77.2 Å². The van der Waals surface area contributed by atoms with Crippen molar-refractivity contribution in [3.05, 3.63) is 117 Å². The van der Waals surface area contributed by atoms with Gasteiger partial charge in [-0.1, -0.05) is 55.2 Å². The smallest absolute Gasteiger partial charge is 0.248 e. The summed E-state index contributed by atoms with van der Waals surface area (Å²) in [6, 6.07) is 2.17. The minimum absolute atomic E-state index is 0.0299. The number of nitrogens with one attached hydrogen (secondary N) is 8. The Morgan fingerprint density at radius 3 is 1.80 bits per heavy atom. The van der Waals surface area contributed by atoms with Gasteiger partial charge in [0.25, 0.3) is 0 Å². The van der Waals surface area contributed by atoms with E-state index < -0.39 is 143 Å². The highest BCUT2D eigenvalue weighted by Gasteiger charge is 2.51. The molecule has 4 fully saturated rings. The average molecular weight is 1290 g/mol. The average Bonchev–Trinajstić information content (AvgIpc) is 0.782. The molecule has 0 unspecified atom stereocenters. The number of hydrogen-bond donors (Lipinski definition) is 15. The largest absolute Gasteiger partial charge is 0.508 e. The highest BCUT2D eigenvalue weighted by Crippen LogP contribution is 2.60. The second-order valence-electron chi connectivity index (χ2n) is 25.2.